The fraction of sp³-hybridized carbons (Fsp3) is 0.889. The van der Waals surface area contributed by atoms with E-state index in [-0.39, 0.29) is 12.0 Å². The first-order valence-corrected chi connectivity index (χ1v) is 4.27. The zero-order valence-corrected chi connectivity index (χ0v) is 8.63. The minimum absolute atomic E-state index is 0.141. The van der Waals surface area contributed by atoms with Crippen molar-refractivity contribution in [3.05, 3.63) is 0 Å². The number of rotatable bonds is 4. The molecule has 0 aliphatic rings. The zero-order chi connectivity index (χ0) is 9.72. The van der Waals surface area contributed by atoms with Gasteiger partial charge in [0.2, 0.25) is 0 Å². The molecule has 0 saturated heterocycles. The van der Waals surface area contributed by atoms with Crippen molar-refractivity contribution < 1.29 is 9.53 Å². The Bertz CT molecular complexity index is 145. The van der Waals surface area contributed by atoms with E-state index >= 15 is 0 Å². The smallest absolute Gasteiger partial charge is 0.322 e. The summed E-state index contributed by atoms with van der Waals surface area (Å²) in [5.41, 5.74) is 0. The monoisotopic (exact) mass is 173 g/mol. The molecule has 0 amide bonds. The van der Waals surface area contributed by atoms with Gasteiger partial charge < -0.3 is 4.74 Å². The van der Waals surface area contributed by atoms with Gasteiger partial charge in [0.15, 0.2) is 0 Å². The number of esters is 1. The molecule has 0 spiro atoms. The molecular weight excluding hydrogens is 154 g/mol. The number of nitrogens with zero attached hydrogens (tertiary/aromatic N) is 1. The first kappa shape index (κ1) is 11.4. The number of ether oxygens (including phenoxy) is 1. The molecule has 0 saturated carbocycles. The molecule has 0 heterocycles. The van der Waals surface area contributed by atoms with Crippen molar-refractivity contribution in [2.45, 2.75) is 26.8 Å². The van der Waals surface area contributed by atoms with Gasteiger partial charge in [0, 0.05) is 6.54 Å². The lowest BCUT2D eigenvalue weighted by molar-refractivity contribution is -0.145. The van der Waals surface area contributed by atoms with E-state index in [0.717, 1.165) is 6.54 Å². The topological polar surface area (TPSA) is 29.5 Å². The van der Waals surface area contributed by atoms with Gasteiger partial charge >= 0.3 is 5.97 Å². The van der Waals surface area contributed by atoms with Crippen molar-refractivity contribution in [2.24, 2.45) is 5.92 Å². The minimum Gasteiger partial charge on any atom is -0.468 e. The molecule has 0 aromatic carbocycles. The third-order valence-corrected chi connectivity index (χ3v) is 1.86. The average molecular weight is 173 g/mol. The Hall–Kier alpha value is -0.570. The van der Waals surface area contributed by atoms with E-state index in [1.54, 1.807) is 0 Å². The molecule has 0 aliphatic heterocycles. The van der Waals surface area contributed by atoms with Crippen LogP contribution < -0.4 is 0 Å². The molecule has 72 valence electrons. The molecule has 0 aliphatic carbocycles. The van der Waals surface area contributed by atoms with Crippen LogP contribution in [0.2, 0.25) is 0 Å². The summed E-state index contributed by atoms with van der Waals surface area (Å²) in [5.74, 6) is 0.403. The summed E-state index contributed by atoms with van der Waals surface area (Å²) in [5, 5.41) is 0. The van der Waals surface area contributed by atoms with E-state index in [9.17, 15) is 4.79 Å². The summed E-state index contributed by atoms with van der Waals surface area (Å²) in [7, 11) is 3.35. The van der Waals surface area contributed by atoms with Crippen molar-refractivity contribution >= 4 is 5.97 Å². The van der Waals surface area contributed by atoms with E-state index in [1.807, 2.05) is 18.9 Å². The summed E-state index contributed by atoms with van der Waals surface area (Å²) >= 11 is 0. The molecule has 0 rings (SSSR count). The Morgan fingerprint density at radius 3 is 2.25 bits per heavy atom. The summed E-state index contributed by atoms with van der Waals surface area (Å²) in [6, 6.07) is -0.141. The normalized spacial score (nSPS) is 13.6. The Morgan fingerprint density at radius 1 is 1.42 bits per heavy atom. The number of carbonyl (C=O) groups excluding carboxylic acids is 1. The fourth-order valence-corrected chi connectivity index (χ4v) is 1.08. The second-order valence-corrected chi connectivity index (χ2v) is 3.53. The van der Waals surface area contributed by atoms with Crippen LogP contribution in [0.3, 0.4) is 0 Å². The Kier molecular flexibility index (Phi) is 4.90. The largest absolute Gasteiger partial charge is 0.468 e. The third kappa shape index (κ3) is 3.72. The second-order valence-electron chi connectivity index (χ2n) is 3.53. The quantitative estimate of drug-likeness (QED) is 0.597. The van der Waals surface area contributed by atoms with Crippen LogP contribution in [0.5, 0.6) is 0 Å². The number of hydrogen-bond acceptors (Lipinski definition) is 3. The van der Waals surface area contributed by atoms with Crippen LogP contribution in [-0.2, 0) is 9.53 Å². The first-order chi connectivity index (χ1) is 5.49. The van der Waals surface area contributed by atoms with Gasteiger partial charge in [-0.1, -0.05) is 13.8 Å². The summed E-state index contributed by atoms with van der Waals surface area (Å²) in [6.45, 7) is 7.02. The lowest BCUT2D eigenvalue weighted by Crippen LogP contribution is -2.38. The second kappa shape index (κ2) is 5.14. The van der Waals surface area contributed by atoms with Gasteiger partial charge in [-0.15, -0.1) is 0 Å². The summed E-state index contributed by atoms with van der Waals surface area (Å²) in [4.78, 5) is 13.1. The minimum atomic E-state index is -0.168. The lowest BCUT2D eigenvalue weighted by Gasteiger charge is -2.23. The fourth-order valence-electron chi connectivity index (χ4n) is 1.08. The molecule has 1 atom stereocenters. The van der Waals surface area contributed by atoms with Crippen LogP contribution in [0, 0.1) is 5.92 Å². The molecule has 3 nitrogen and oxygen atoms in total. The van der Waals surface area contributed by atoms with Crippen molar-refractivity contribution in [1.29, 1.82) is 0 Å². The molecule has 0 aromatic rings. The number of methoxy groups -OCH3 is 1. The van der Waals surface area contributed by atoms with Gasteiger partial charge in [-0.05, 0) is 19.9 Å². The molecule has 0 N–H and O–H groups in total. The molecular formula is C9H19NO2. The van der Waals surface area contributed by atoms with Gasteiger partial charge in [0.25, 0.3) is 0 Å². The Morgan fingerprint density at radius 2 is 1.92 bits per heavy atom. The number of likely N-dealkylation sites (N-methyl/N-ethyl adjacent to an activating group) is 1. The maximum absolute atomic E-state index is 11.1. The highest BCUT2D eigenvalue weighted by molar-refractivity contribution is 5.75. The predicted molar refractivity (Wildman–Crippen MR) is 48.9 cm³/mol. The highest BCUT2D eigenvalue weighted by Gasteiger charge is 2.18. The van der Waals surface area contributed by atoms with Crippen LogP contribution in [0.25, 0.3) is 0 Å². The van der Waals surface area contributed by atoms with Crippen molar-refractivity contribution in [3.8, 4) is 0 Å². The lowest BCUT2D eigenvalue weighted by atomic mass is 10.2. The van der Waals surface area contributed by atoms with Crippen LogP contribution in [-0.4, -0.2) is 37.6 Å². The number of carbonyl (C=O) groups is 1. The van der Waals surface area contributed by atoms with E-state index in [0.29, 0.717) is 5.92 Å². The average Bonchev–Trinajstić information content (AvgIpc) is 2.00. The molecule has 0 bridgehead atoms. The van der Waals surface area contributed by atoms with Gasteiger partial charge in [-0.2, -0.15) is 0 Å². The van der Waals surface area contributed by atoms with Gasteiger partial charge in [0.05, 0.1) is 7.11 Å². The van der Waals surface area contributed by atoms with Crippen molar-refractivity contribution in [1.82, 2.24) is 4.90 Å². The standard InChI is InChI=1S/C9H19NO2/c1-7(2)6-10(4)8(3)9(11)12-5/h7-8H,6H2,1-5H3/t8-/m0/s1. The molecule has 0 unspecified atom stereocenters. The third-order valence-electron chi connectivity index (χ3n) is 1.86. The van der Waals surface area contributed by atoms with E-state index in [4.69, 9.17) is 0 Å². The Balaban J connectivity index is 3.91. The van der Waals surface area contributed by atoms with Crippen LogP contribution in [0.15, 0.2) is 0 Å². The molecule has 0 fully saturated rings. The van der Waals surface area contributed by atoms with E-state index < -0.39 is 0 Å². The SMILES string of the molecule is COC(=O)[C@H](C)N(C)CC(C)C. The molecule has 0 aromatic heterocycles. The molecule has 3 heteroatoms. The zero-order valence-electron chi connectivity index (χ0n) is 8.63. The molecule has 0 radical (unpaired) electrons. The van der Waals surface area contributed by atoms with Crippen LogP contribution in [0.4, 0.5) is 0 Å². The predicted octanol–water partition coefficient (Wildman–Crippen LogP) is 1.14. The first-order valence-electron chi connectivity index (χ1n) is 4.27. The van der Waals surface area contributed by atoms with Crippen molar-refractivity contribution in [2.75, 3.05) is 20.7 Å². The van der Waals surface area contributed by atoms with E-state index in [1.165, 1.54) is 7.11 Å². The highest BCUT2D eigenvalue weighted by Crippen LogP contribution is 2.02. The van der Waals surface area contributed by atoms with E-state index in [2.05, 4.69) is 18.6 Å². The van der Waals surface area contributed by atoms with Gasteiger partial charge in [-0.3, -0.25) is 9.69 Å². The van der Waals surface area contributed by atoms with Gasteiger partial charge in [-0.25, -0.2) is 0 Å². The highest BCUT2D eigenvalue weighted by atomic mass is 16.5. The number of hydrogen-bond donors (Lipinski definition) is 0. The van der Waals surface area contributed by atoms with Gasteiger partial charge in [0.1, 0.15) is 6.04 Å². The maximum atomic E-state index is 11.1. The Labute approximate surface area is 74.7 Å². The summed E-state index contributed by atoms with van der Waals surface area (Å²) < 4.78 is 4.63. The van der Waals surface area contributed by atoms with Crippen LogP contribution in [0.1, 0.15) is 20.8 Å². The molecule has 12 heavy (non-hydrogen) atoms. The maximum Gasteiger partial charge on any atom is 0.322 e. The van der Waals surface area contributed by atoms with Crippen LogP contribution >= 0.6 is 0 Å². The summed E-state index contributed by atoms with van der Waals surface area (Å²) in [6.07, 6.45) is 0. The van der Waals surface area contributed by atoms with Crippen molar-refractivity contribution in [3.63, 3.8) is 0 Å².